The number of ether oxygens (including phenoxy) is 2. The monoisotopic (exact) mass is 317 g/mol. The minimum absolute atomic E-state index is 0.0572. The predicted octanol–water partition coefficient (Wildman–Crippen LogP) is 3.44. The molecule has 0 N–H and O–H groups in total. The first-order chi connectivity index (χ1) is 10.7. The van der Waals surface area contributed by atoms with Gasteiger partial charge in [0.15, 0.2) is 11.5 Å². The highest BCUT2D eigenvalue weighted by Crippen LogP contribution is 2.31. The summed E-state index contributed by atoms with van der Waals surface area (Å²) in [5.41, 5.74) is 0.905. The van der Waals surface area contributed by atoms with Crippen molar-refractivity contribution >= 4 is 23.3 Å². The van der Waals surface area contributed by atoms with Crippen molar-refractivity contribution in [1.82, 2.24) is 4.90 Å². The molecule has 0 spiro atoms. The molecule has 0 aliphatic rings. The molecule has 0 bridgehead atoms. The molecule has 0 atom stereocenters. The topological polar surface area (TPSA) is 38.8 Å². The van der Waals surface area contributed by atoms with Crippen LogP contribution in [0.4, 0.5) is 0 Å². The molecule has 0 radical (unpaired) electrons. The Morgan fingerprint density at radius 1 is 1.23 bits per heavy atom. The first-order valence-electron chi connectivity index (χ1n) is 6.82. The number of rotatable bonds is 6. The number of benzene rings is 1. The summed E-state index contributed by atoms with van der Waals surface area (Å²) in [5, 5.41) is 1.98. The van der Waals surface area contributed by atoms with E-state index in [1.165, 1.54) is 0 Å². The van der Waals surface area contributed by atoms with Crippen LogP contribution >= 0.6 is 11.3 Å². The van der Waals surface area contributed by atoms with Crippen LogP contribution in [0.2, 0.25) is 0 Å². The summed E-state index contributed by atoms with van der Waals surface area (Å²) in [6.45, 7) is 0.452. The van der Waals surface area contributed by atoms with E-state index >= 15 is 0 Å². The molecule has 2 rings (SSSR count). The Bertz CT molecular complexity index is 650. The molecule has 0 saturated carbocycles. The number of carbonyl (C=O) groups is 1. The van der Waals surface area contributed by atoms with E-state index in [1.807, 2.05) is 41.8 Å². The summed E-state index contributed by atoms with van der Waals surface area (Å²) in [5.74, 6) is 1.26. The third kappa shape index (κ3) is 3.89. The molecule has 1 heterocycles. The standard InChI is InChI=1S/C17H19NO3S/c1-18(16(19)10-9-14-7-5-11-22-14)12-13-6-4-8-15(20-2)17(13)21-3/h4-11H,12H2,1-3H3. The maximum Gasteiger partial charge on any atom is 0.246 e. The van der Waals surface area contributed by atoms with Crippen molar-refractivity contribution in [1.29, 1.82) is 0 Å². The molecule has 1 amide bonds. The van der Waals surface area contributed by atoms with Gasteiger partial charge in [0.25, 0.3) is 0 Å². The molecule has 0 aliphatic heterocycles. The average Bonchev–Trinajstić information content (AvgIpc) is 3.05. The number of para-hydroxylation sites is 1. The number of hydrogen-bond acceptors (Lipinski definition) is 4. The van der Waals surface area contributed by atoms with E-state index in [1.54, 1.807) is 43.6 Å². The molecule has 4 nitrogen and oxygen atoms in total. The van der Waals surface area contributed by atoms with Crippen molar-refractivity contribution in [2.75, 3.05) is 21.3 Å². The fourth-order valence-corrected chi connectivity index (χ4v) is 2.70. The molecule has 1 aromatic heterocycles. The first-order valence-corrected chi connectivity index (χ1v) is 7.70. The van der Waals surface area contributed by atoms with Gasteiger partial charge >= 0.3 is 0 Å². The Hall–Kier alpha value is -2.27. The molecular formula is C17H19NO3S. The van der Waals surface area contributed by atoms with E-state index in [2.05, 4.69) is 0 Å². The van der Waals surface area contributed by atoms with E-state index in [-0.39, 0.29) is 5.91 Å². The van der Waals surface area contributed by atoms with Crippen LogP contribution in [0.15, 0.2) is 41.8 Å². The maximum absolute atomic E-state index is 12.2. The number of hydrogen-bond donors (Lipinski definition) is 0. The van der Waals surface area contributed by atoms with Gasteiger partial charge < -0.3 is 14.4 Å². The van der Waals surface area contributed by atoms with Crippen LogP contribution in [0.3, 0.4) is 0 Å². The van der Waals surface area contributed by atoms with Crippen LogP contribution in [-0.4, -0.2) is 32.1 Å². The van der Waals surface area contributed by atoms with Gasteiger partial charge in [-0.1, -0.05) is 18.2 Å². The molecular weight excluding hydrogens is 298 g/mol. The van der Waals surface area contributed by atoms with Crippen LogP contribution in [0.1, 0.15) is 10.4 Å². The van der Waals surface area contributed by atoms with Crippen molar-refractivity contribution in [3.63, 3.8) is 0 Å². The van der Waals surface area contributed by atoms with E-state index in [0.29, 0.717) is 18.0 Å². The number of methoxy groups -OCH3 is 2. The van der Waals surface area contributed by atoms with Crippen LogP contribution in [-0.2, 0) is 11.3 Å². The summed E-state index contributed by atoms with van der Waals surface area (Å²) >= 11 is 1.60. The fourth-order valence-electron chi connectivity index (χ4n) is 2.08. The van der Waals surface area contributed by atoms with Gasteiger partial charge in [-0.25, -0.2) is 0 Å². The fraction of sp³-hybridized carbons (Fsp3) is 0.235. The van der Waals surface area contributed by atoms with Crippen molar-refractivity contribution in [3.05, 3.63) is 52.2 Å². The average molecular weight is 317 g/mol. The van der Waals surface area contributed by atoms with Crippen LogP contribution in [0.25, 0.3) is 6.08 Å². The second kappa shape index (κ2) is 7.66. The van der Waals surface area contributed by atoms with Crippen molar-refractivity contribution in [2.45, 2.75) is 6.54 Å². The van der Waals surface area contributed by atoms with Crippen LogP contribution in [0, 0.1) is 0 Å². The highest BCUT2D eigenvalue weighted by atomic mass is 32.1. The Labute approximate surface area is 134 Å². The summed E-state index contributed by atoms with van der Waals surface area (Å²) in [6.07, 6.45) is 3.41. The molecule has 0 saturated heterocycles. The molecule has 0 fully saturated rings. The van der Waals surface area contributed by atoms with Crippen molar-refractivity contribution < 1.29 is 14.3 Å². The lowest BCUT2D eigenvalue weighted by Gasteiger charge is -2.18. The molecule has 116 valence electrons. The quantitative estimate of drug-likeness (QED) is 0.766. The van der Waals surface area contributed by atoms with Crippen LogP contribution in [0.5, 0.6) is 11.5 Å². The van der Waals surface area contributed by atoms with Gasteiger partial charge in [0, 0.05) is 30.1 Å². The highest BCUT2D eigenvalue weighted by molar-refractivity contribution is 7.10. The molecule has 22 heavy (non-hydrogen) atoms. The maximum atomic E-state index is 12.2. The summed E-state index contributed by atoms with van der Waals surface area (Å²) in [7, 11) is 4.96. The molecule has 2 aromatic rings. The van der Waals surface area contributed by atoms with E-state index in [0.717, 1.165) is 10.4 Å². The van der Waals surface area contributed by atoms with Gasteiger partial charge in [0.2, 0.25) is 5.91 Å². The Morgan fingerprint density at radius 2 is 2.05 bits per heavy atom. The lowest BCUT2D eigenvalue weighted by atomic mass is 10.1. The van der Waals surface area contributed by atoms with Crippen LogP contribution < -0.4 is 9.47 Å². The Kier molecular flexibility index (Phi) is 5.61. The zero-order valence-electron chi connectivity index (χ0n) is 12.9. The third-order valence-corrected chi connectivity index (χ3v) is 4.04. The highest BCUT2D eigenvalue weighted by Gasteiger charge is 2.13. The number of amides is 1. The smallest absolute Gasteiger partial charge is 0.246 e. The van der Waals surface area contributed by atoms with Gasteiger partial charge in [-0.2, -0.15) is 0 Å². The van der Waals surface area contributed by atoms with Gasteiger partial charge in [-0.15, -0.1) is 11.3 Å². The third-order valence-electron chi connectivity index (χ3n) is 3.20. The summed E-state index contributed by atoms with van der Waals surface area (Å²) in [6, 6.07) is 9.57. The Morgan fingerprint density at radius 3 is 2.68 bits per heavy atom. The largest absolute Gasteiger partial charge is 0.493 e. The second-order valence-electron chi connectivity index (χ2n) is 4.70. The van der Waals surface area contributed by atoms with Crippen molar-refractivity contribution in [3.8, 4) is 11.5 Å². The second-order valence-corrected chi connectivity index (χ2v) is 5.67. The minimum atomic E-state index is -0.0572. The van der Waals surface area contributed by atoms with Crippen molar-refractivity contribution in [2.24, 2.45) is 0 Å². The van der Waals surface area contributed by atoms with E-state index in [4.69, 9.17) is 9.47 Å². The first kappa shape index (κ1) is 16.1. The molecule has 5 heteroatoms. The number of nitrogens with zero attached hydrogens (tertiary/aromatic N) is 1. The number of likely N-dealkylation sites (N-methyl/N-ethyl adjacent to an activating group) is 1. The number of carbonyl (C=O) groups excluding carboxylic acids is 1. The predicted molar refractivity (Wildman–Crippen MR) is 89.4 cm³/mol. The molecule has 0 aliphatic carbocycles. The van der Waals surface area contributed by atoms with Gasteiger partial charge in [-0.3, -0.25) is 4.79 Å². The zero-order valence-corrected chi connectivity index (χ0v) is 13.7. The SMILES string of the molecule is COc1cccc(CN(C)C(=O)C=Cc2cccs2)c1OC. The molecule has 1 aromatic carbocycles. The molecule has 0 unspecified atom stereocenters. The lowest BCUT2D eigenvalue weighted by Crippen LogP contribution is -2.24. The van der Waals surface area contributed by atoms with E-state index < -0.39 is 0 Å². The normalized spacial score (nSPS) is 10.7. The Balaban J connectivity index is 2.08. The van der Waals surface area contributed by atoms with Gasteiger partial charge in [-0.05, 0) is 23.6 Å². The minimum Gasteiger partial charge on any atom is -0.493 e. The summed E-state index contributed by atoms with van der Waals surface area (Å²) in [4.78, 5) is 14.9. The summed E-state index contributed by atoms with van der Waals surface area (Å²) < 4.78 is 10.7. The van der Waals surface area contributed by atoms with E-state index in [9.17, 15) is 4.79 Å². The lowest BCUT2D eigenvalue weighted by molar-refractivity contribution is -0.125. The van der Waals surface area contributed by atoms with Gasteiger partial charge in [0.05, 0.1) is 14.2 Å². The number of thiophene rings is 1. The zero-order chi connectivity index (χ0) is 15.9. The van der Waals surface area contributed by atoms with Gasteiger partial charge in [0.1, 0.15) is 0 Å².